The van der Waals surface area contributed by atoms with Crippen molar-refractivity contribution in [3.63, 3.8) is 0 Å². The Hall–Kier alpha value is -2.04. The van der Waals surface area contributed by atoms with Gasteiger partial charge < -0.3 is 14.6 Å². The van der Waals surface area contributed by atoms with E-state index in [9.17, 15) is 14.7 Å². The van der Waals surface area contributed by atoms with Gasteiger partial charge in [0.1, 0.15) is 11.4 Å². The van der Waals surface area contributed by atoms with Gasteiger partial charge in [0.15, 0.2) is 0 Å². The first-order valence-corrected chi connectivity index (χ1v) is 6.31. The van der Waals surface area contributed by atoms with E-state index in [1.54, 1.807) is 45.0 Å². The Balaban J connectivity index is 2.83. The lowest BCUT2D eigenvalue weighted by Crippen LogP contribution is -2.26. The van der Waals surface area contributed by atoms with E-state index in [4.69, 9.17) is 9.47 Å². The molecule has 0 bridgehead atoms. The topological polar surface area (TPSA) is 72.8 Å². The van der Waals surface area contributed by atoms with Gasteiger partial charge in [-0.05, 0) is 38.5 Å². The van der Waals surface area contributed by atoms with Gasteiger partial charge in [0.2, 0.25) is 0 Å². The highest BCUT2D eigenvalue weighted by Crippen LogP contribution is 2.24. The number of rotatable bonds is 5. The van der Waals surface area contributed by atoms with E-state index in [1.165, 1.54) is 7.11 Å². The highest BCUT2D eigenvalue weighted by atomic mass is 16.6. The number of carbonyl (C=O) groups excluding carboxylic acids is 1. The molecule has 0 saturated heterocycles. The average molecular weight is 280 g/mol. The second-order valence-corrected chi connectivity index (χ2v) is 5.45. The first-order valence-electron chi connectivity index (χ1n) is 6.31. The lowest BCUT2D eigenvalue weighted by atomic mass is 9.96. The summed E-state index contributed by atoms with van der Waals surface area (Å²) in [7, 11) is 1.53. The number of carbonyl (C=O) groups is 2. The summed E-state index contributed by atoms with van der Waals surface area (Å²) in [6, 6.07) is 6.62. The predicted molar refractivity (Wildman–Crippen MR) is 73.8 cm³/mol. The minimum Gasteiger partial charge on any atom is -0.497 e. The number of hydrogen-bond donors (Lipinski definition) is 1. The van der Waals surface area contributed by atoms with E-state index in [0.29, 0.717) is 11.3 Å². The van der Waals surface area contributed by atoms with Crippen LogP contribution >= 0.6 is 0 Å². The molecular formula is C15H20O5. The molecule has 5 nitrogen and oxygen atoms in total. The zero-order valence-corrected chi connectivity index (χ0v) is 12.2. The molecular weight excluding hydrogens is 260 g/mol. The van der Waals surface area contributed by atoms with Crippen molar-refractivity contribution in [2.75, 3.05) is 7.11 Å². The lowest BCUT2D eigenvalue weighted by Gasteiger charge is -2.21. The van der Waals surface area contributed by atoms with Crippen LogP contribution in [0.3, 0.4) is 0 Å². The second kappa shape index (κ2) is 6.41. The minimum atomic E-state index is -1.05. The van der Waals surface area contributed by atoms with Crippen molar-refractivity contribution in [1.29, 1.82) is 0 Å². The average Bonchev–Trinajstić information content (AvgIpc) is 2.34. The third-order valence-electron chi connectivity index (χ3n) is 2.61. The van der Waals surface area contributed by atoms with Gasteiger partial charge in [-0.15, -0.1) is 0 Å². The molecule has 1 rings (SSSR count). The molecule has 0 heterocycles. The van der Waals surface area contributed by atoms with Crippen LogP contribution in [0.2, 0.25) is 0 Å². The van der Waals surface area contributed by atoms with Crippen molar-refractivity contribution in [3.05, 3.63) is 29.8 Å². The Labute approximate surface area is 118 Å². The van der Waals surface area contributed by atoms with Crippen molar-refractivity contribution in [2.45, 2.75) is 38.7 Å². The van der Waals surface area contributed by atoms with E-state index >= 15 is 0 Å². The number of esters is 1. The van der Waals surface area contributed by atoms with Crippen LogP contribution in [0.25, 0.3) is 0 Å². The molecule has 0 aliphatic carbocycles. The third-order valence-corrected chi connectivity index (χ3v) is 2.61. The largest absolute Gasteiger partial charge is 0.497 e. The van der Waals surface area contributed by atoms with E-state index in [-0.39, 0.29) is 6.42 Å². The highest BCUT2D eigenvalue weighted by Gasteiger charge is 2.26. The molecule has 0 saturated carbocycles. The summed E-state index contributed by atoms with van der Waals surface area (Å²) in [5.74, 6) is -1.87. The fourth-order valence-electron chi connectivity index (χ4n) is 1.73. The summed E-state index contributed by atoms with van der Waals surface area (Å²) in [4.78, 5) is 23.1. The Morgan fingerprint density at radius 1 is 1.20 bits per heavy atom. The van der Waals surface area contributed by atoms with Gasteiger partial charge in [0, 0.05) is 0 Å². The summed E-state index contributed by atoms with van der Waals surface area (Å²) in [5.41, 5.74) is -0.0794. The molecule has 1 aromatic carbocycles. The smallest absolute Gasteiger partial charge is 0.311 e. The van der Waals surface area contributed by atoms with Gasteiger partial charge in [0.25, 0.3) is 0 Å². The first-order chi connectivity index (χ1) is 9.23. The number of benzene rings is 1. The molecule has 0 aliphatic rings. The molecule has 0 amide bonds. The number of ether oxygens (including phenoxy) is 2. The molecule has 1 atom stereocenters. The Bertz CT molecular complexity index is 470. The quantitative estimate of drug-likeness (QED) is 0.839. The minimum absolute atomic E-state index is 0.196. The molecule has 20 heavy (non-hydrogen) atoms. The summed E-state index contributed by atoms with van der Waals surface area (Å²) in [6.45, 7) is 5.23. The van der Waals surface area contributed by atoms with Crippen molar-refractivity contribution in [1.82, 2.24) is 0 Å². The van der Waals surface area contributed by atoms with Crippen molar-refractivity contribution in [3.8, 4) is 5.75 Å². The van der Waals surface area contributed by atoms with Crippen molar-refractivity contribution >= 4 is 11.9 Å². The van der Waals surface area contributed by atoms with Gasteiger partial charge >= 0.3 is 11.9 Å². The maximum absolute atomic E-state index is 11.8. The third kappa shape index (κ3) is 4.91. The summed E-state index contributed by atoms with van der Waals surface area (Å²) < 4.78 is 10.2. The first kappa shape index (κ1) is 16.0. The number of carboxylic acids is 1. The molecule has 0 unspecified atom stereocenters. The number of hydrogen-bond acceptors (Lipinski definition) is 4. The molecule has 1 N–H and O–H groups in total. The van der Waals surface area contributed by atoms with Crippen LogP contribution in [-0.2, 0) is 14.3 Å². The predicted octanol–water partition coefficient (Wildman–Crippen LogP) is 2.60. The van der Waals surface area contributed by atoms with Gasteiger partial charge in [-0.25, -0.2) is 0 Å². The van der Waals surface area contributed by atoms with Crippen LogP contribution in [0.15, 0.2) is 24.3 Å². The standard InChI is InChI=1S/C15H20O5/c1-15(2,3)20-13(16)9-12(14(17)18)10-5-7-11(19-4)8-6-10/h5-8,12H,9H2,1-4H3,(H,17,18)/t12-/m1/s1. The Morgan fingerprint density at radius 3 is 2.15 bits per heavy atom. The normalized spacial score (nSPS) is 12.6. The lowest BCUT2D eigenvalue weighted by molar-refractivity contribution is -0.158. The molecule has 0 radical (unpaired) electrons. The maximum Gasteiger partial charge on any atom is 0.311 e. The van der Waals surface area contributed by atoms with Crippen molar-refractivity contribution < 1.29 is 24.2 Å². The van der Waals surface area contributed by atoms with Crippen LogP contribution < -0.4 is 4.74 Å². The monoisotopic (exact) mass is 280 g/mol. The maximum atomic E-state index is 11.8. The Kier molecular flexibility index (Phi) is 5.13. The molecule has 1 aromatic rings. The molecule has 0 spiro atoms. The Morgan fingerprint density at radius 2 is 1.75 bits per heavy atom. The van der Waals surface area contributed by atoms with E-state index in [2.05, 4.69) is 0 Å². The second-order valence-electron chi connectivity index (χ2n) is 5.45. The molecule has 110 valence electrons. The molecule has 0 fully saturated rings. The van der Waals surface area contributed by atoms with Crippen LogP contribution in [-0.4, -0.2) is 29.8 Å². The number of carboxylic acid groups (broad SMARTS) is 1. The summed E-state index contributed by atoms with van der Waals surface area (Å²) >= 11 is 0. The van der Waals surface area contributed by atoms with Crippen LogP contribution in [0.5, 0.6) is 5.75 Å². The van der Waals surface area contributed by atoms with Gasteiger partial charge in [0.05, 0.1) is 19.4 Å². The number of aliphatic carboxylic acids is 1. The van der Waals surface area contributed by atoms with Crippen molar-refractivity contribution in [2.24, 2.45) is 0 Å². The zero-order valence-electron chi connectivity index (χ0n) is 12.2. The molecule has 5 heteroatoms. The number of methoxy groups -OCH3 is 1. The fraction of sp³-hybridized carbons (Fsp3) is 0.467. The van der Waals surface area contributed by atoms with Gasteiger partial charge in [-0.3, -0.25) is 9.59 Å². The molecule has 0 aromatic heterocycles. The fourth-order valence-corrected chi connectivity index (χ4v) is 1.73. The highest BCUT2D eigenvalue weighted by molar-refractivity contribution is 5.83. The zero-order chi connectivity index (χ0) is 15.3. The van der Waals surface area contributed by atoms with E-state index in [0.717, 1.165) is 0 Å². The SMILES string of the molecule is COc1ccc([C@@H](CC(=O)OC(C)(C)C)C(=O)O)cc1. The van der Waals surface area contributed by atoms with Crippen LogP contribution in [0.4, 0.5) is 0 Å². The van der Waals surface area contributed by atoms with Crippen LogP contribution in [0, 0.1) is 0 Å². The summed E-state index contributed by atoms with van der Waals surface area (Å²) in [6.07, 6.45) is -0.196. The van der Waals surface area contributed by atoms with E-state index in [1.807, 2.05) is 0 Å². The van der Waals surface area contributed by atoms with E-state index < -0.39 is 23.5 Å². The molecule has 0 aliphatic heterocycles. The van der Waals surface area contributed by atoms with Crippen LogP contribution in [0.1, 0.15) is 38.7 Å². The van der Waals surface area contributed by atoms with Gasteiger partial charge in [-0.2, -0.15) is 0 Å². The van der Waals surface area contributed by atoms with Gasteiger partial charge in [-0.1, -0.05) is 12.1 Å². The summed E-state index contributed by atoms with van der Waals surface area (Å²) in [5, 5.41) is 9.26.